The van der Waals surface area contributed by atoms with E-state index >= 15 is 0 Å². The molecule has 0 amide bonds. The van der Waals surface area contributed by atoms with E-state index in [1.165, 1.54) is 7.11 Å². The van der Waals surface area contributed by atoms with Gasteiger partial charge in [-0.3, -0.25) is 4.79 Å². The third-order valence-corrected chi connectivity index (χ3v) is 3.23. The highest BCUT2D eigenvalue weighted by atomic mass is 16.5. The zero-order chi connectivity index (χ0) is 12.3. The van der Waals surface area contributed by atoms with Crippen LogP contribution >= 0.6 is 0 Å². The number of ether oxygens (including phenoxy) is 1. The van der Waals surface area contributed by atoms with Crippen LogP contribution < -0.4 is 5.32 Å². The van der Waals surface area contributed by atoms with Crippen LogP contribution in [-0.2, 0) is 9.53 Å². The van der Waals surface area contributed by atoms with Gasteiger partial charge in [-0.2, -0.15) is 0 Å². The summed E-state index contributed by atoms with van der Waals surface area (Å²) < 4.78 is 4.77. The van der Waals surface area contributed by atoms with Gasteiger partial charge in [-0.1, -0.05) is 6.07 Å². The molecule has 2 atom stereocenters. The molecule has 0 aliphatic heterocycles. The summed E-state index contributed by atoms with van der Waals surface area (Å²) in [6, 6.07) is 4.33. The smallest absolute Gasteiger partial charge is 0.308 e. The van der Waals surface area contributed by atoms with Gasteiger partial charge in [0.05, 0.1) is 13.0 Å². The Kier molecular flexibility index (Phi) is 3.61. The molecule has 1 aromatic rings. The Morgan fingerprint density at radius 3 is 2.94 bits per heavy atom. The number of nitrogens with zero attached hydrogens (tertiary/aromatic N) is 1. The molecular formula is C13H18N2O2. The second-order valence-corrected chi connectivity index (χ2v) is 4.60. The molecule has 1 fully saturated rings. The molecule has 1 N–H and O–H groups in total. The first-order chi connectivity index (χ1) is 8.19. The van der Waals surface area contributed by atoms with Crippen molar-refractivity contribution in [1.82, 2.24) is 4.98 Å². The minimum atomic E-state index is -0.0915. The molecule has 0 spiro atoms. The Morgan fingerprint density at radius 2 is 2.29 bits per heavy atom. The molecule has 1 aromatic heterocycles. The van der Waals surface area contributed by atoms with Crippen molar-refractivity contribution in [1.29, 1.82) is 0 Å². The molecule has 1 aliphatic carbocycles. The fourth-order valence-electron chi connectivity index (χ4n) is 2.26. The summed E-state index contributed by atoms with van der Waals surface area (Å²) in [5, 5.41) is 3.36. The van der Waals surface area contributed by atoms with Crippen molar-refractivity contribution in [2.75, 3.05) is 12.4 Å². The maximum atomic E-state index is 11.4. The van der Waals surface area contributed by atoms with Crippen LogP contribution in [0.2, 0.25) is 0 Å². The lowest BCUT2D eigenvalue weighted by atomic mass is 10.1. The molecule has 2 rings (SSSR count). The Balaban J connectivity index is 1.89. The molecule has 1 aliphatic rings. The molecule has 92 valence electrons. The summed E-state index contributed by atoms with van der Waals surface area (Å²) in [6.45, 7) is 2.01. The largest absolute Gasteiger partial charge is 0.469 e. The van der Waals surface area contributed by atoms with E-state index in [9.17, 15) is 4.79 Å². The molecule has 1 heterocycles. The highest BCUT2D eigenvalue weighted by molar-refractivity contribution is 5.72. The third kappa shape index (κ3) is 2.96. The molecule has 0 radical (unpaired) electrons. The molecule has 0 unspecified atom stereocenters. The normalized spacial score (nSPS) is 23.4. The first kappa shape index (κ1) is 11.9. The number of aromatic nitrogens is 1. The van der Waals surface area contributed by atoms with Gasteiger partial charge in [0.1, 0.15) is 5.82 Å². The highest BCUT2D eigenvalue weighted by Crippen LogP contribution is 2.28. The Hall–Kier alpha value is -1.58. The summed E-state index contributed by atoms with van der Waals surface area (Å²) in [5.41, 5.74) is 1.15. The van der Waals surface area contributed by atoms with E-state index in [0.717, 1.165) is 30.6 Å². The monoisotopic (exact) mass is 234 g/mol. The number of esters is 1. The van der Waals surface area contributed by atoms with Gasteiger partial charge in [0, 0.05) is 12.2 Å². The van der Waals surface area contributed by atoms with E-state index in [1.54, 1.807) is 0 Å². The SMILES string of the molecule is COC(=O)[C@@H]1CC[C@H](Nc2ccc(C)cn2)C1. The Labute approximate surface area is 101 Å². The van der Waals surface area contributed by atoms with Gasteiger partial charge in [-0.15, -0.1) is 0 Å². The first-order valence-electron chi connectivity index (χ1n) is 5.96. The van der Waals surface area contributed by atoms with Gasteiger partial charge in [0.25, 0.3) is 0 Å². The van der Waals surface area contributed by atoms with Crippen LogP contribution in [0.3, 0.4) is 0 Å². The summed E-state index contributed by atoms with van der Waals surface area (Å²) in [6.07, 6.45) is 4.57. The second-order valence-electron chi connectivity index (χ2n) is 4.60. The number of rotatable bonds is 3. The molecule has 4 heteroatoms. The molecule has 1 saturated carbocycles. The minimum Gasteiger partial charge on any atom is -0.469 e. The molecular weight excluding hydrogens is 216 g/mol. The van der Waals surface area contributed by atoms with Crippen molar-refractivity contribution in [3.8, 4) is 0 Å². The number of pyridine rings is 1. The van der Waals surface area contributed by atoms with E-state index in [0.29, 0.717) is 6.04 Å². The van der Waals surface area contributed by atoms with Crippen LogP contribution in [0, 0.1) is 12.8 Å². The lowest BCUT2D eigenvalue weighted by molar-refractivity contribution is -0.145. The maximum Gasteiger partial charge on any atom is 0.308 e. The number of aryl methyl sites for hydroxylation is 1. The van der Waals surface area contributed by atoms with Crippen LogP contribution in [0.15, 0.2) is 18.3 Å². The summed E-state index contributed by atoms with van der Waals surface area (Å²) in [7, 11) is 1.45. The van der Waals surface area contributed by atoms with Crippen LogP contribution in [0.5, 0.6) is 0 Å². The zero-order valence-electron chi connectivity index (χ0n) is 10.3. The number of methoxy groups -OCH3 is 1. The summed E-state index contributed by atoms with van der Waals surface area (Å²) in [5.74, 6) is 0.834. The van der Waals surface area contributed by atoms with Crippen molar-refractivity contribution >= 4 is 11.8 Å². The number of anilines is 1. The first-order valence-corrected chi connectivity index (χ1v) is 5.96. The van der Waals surface area contributed by atoms with Crippen molar-refractivity contribution < 1.29 is 9.53 Å². The summed E-state index contributed by atoms with van der Waals surface area (Å²) >= 11 is 0. The van der Waals surface area contributed by atoms with Crippen molar-refractivity contribution in [3.63, 3.8) is 0 Å². The van der Waals surface area contributed by atoms with Crippen LogP contribution in [-0.4, -0.2) is 24.1 Å². The zero-order valence-corrected chi connectivity index (χ0v) is 10.3. The van der Waals surface area contributed by atoms with E-state index in [1.807, 2.05) is 25.3 Å². The predicted molar refractivity (Wildman–Crippen MR) is 65.7 cm³/mol. The third-order valence-electron chi connectivity index (χ3n) is 3.23. The van der Waals surface area contributed by atoms with Gasteiger partial charge in [-0.25, -0.2) is 4.98 Å². The quantitative estimate of drug-likeness (QED) is 0.814. The van der Waals surface area contributed by atoms with E-state index < -0.39 is 0 Å². The number of carbonyl (C=O) groups excluding carboxylic acids is 1. The lowest BCUT2D eigenvalue weighted by Gasteiger charge is -2.13. The molecule has 0 bridgehead atoms. The molecule has 0 aromatic carbocycles. The van der Waals surface area contributed by atoms with Crippen molar-refractivity contribution in [3.05, 3.63) is 23.9 Å². The van der Waals surface area contributed by atoms with Gasteiger partial charge in [0.2, 0.25) is 0 Å². The molecule has 0 saturated heterocycles. The fraction of sp³-hybridized carbons (Fsp3) is 0.538. The minimum absolute atomic E-state index is 0.0444. The van der Waals surface area contributed by atoms with E-state index in [-0.39, 0.29) is 11.9 Å². The maximum absolute atomic E-state index is 11.4. The van der Waals surface area contributed by atoms with Crippen LogP contribution in [0.1, 0.15) is 24.8 Å². The average Bonchev–Trinajstić information content (AvgIpc) is 2.80. The van der Waals surface area contributed by atoms with Crippen LogP contribution in [0.4, 0.5) is 5.82 Å². The van der Waals surface area contributed by atoms with Gasteiger partial charge >= 0.3 is 5.97 Å². The van der Waals surface area contributed by atoms with Crippen molar-refractivity contribution in [2.45, 2.75) is 32.2 Å². The van der Waals surface area contributed by atoms with Gasteiger partial charge < -0.3 is 10.1 Å². The number of carbonyl (C=O) groups is 1. The number of hydrogen-bond donors (Lipinski definition) is 1. The molecule has 17 heavy (non-hydrogen) atoms. The second kappa shape index (κ2) is 5.17. The number of hydrogen-bond acceptors (Lipinski definition) is 4. The fourth-order valence-corrected chi connectivity index (χ4v) is 2.26. The topological polar surface area (TPSA) is 51.2 Å². The average molecular weight is 234 g/mol. The van der Waals surface area contributed by atoms with E-state index in [2.05, 4.69) is 10.3 Å². The Bertz CT molecular complexity index is 389. The predicted octanol–water partition coefficient (Wildman–Crippen LogP) is 2.14. The standard InChI is InChI=1S/C13H18N2O2/c1-9-3-6-12(14-8-9)15-11-5-4-10(7-11)13(16)17-2/h3,6,8,10-11H,4-5,7H2,1-2H3,(H,14,15)/t10-,11+/m1/s1. The van der Waals surface area contributed by atoms with Crippen LogP contribution in [0.25, 0.3) is 0 Å². The van der Waals surface area contributed by atoms with Gasteiger partial charge in [0.15, 0.2) is 0 Å². The highest BCUT2D eigenvalue weighted by Gasteiger charge is 2.30. The summed E-state index contributed by atoms with van der Waals surface area (Å²) in [4.78, 5) is 15.7. The number of nitrogens with one attached hydrogen (secondary N) is 1. The van der Waals surface area contributed by atoms with Gasteiger partial charge in [-0.05, 0) is 37.8 Å². The van der Waals surface area contributed by atoms with E-state index in [4.69, 9.17) is 4.74 Å². The molecule has 4 nitrogen and oxygen atoms in total. The van der Waals surface area contributed by atoms with Crippen molar-refractivity contribution in [2.24, 2.45) is 5.92 Å². The Morgan fingerprint density at radius 1 is 1.47 bits per heavy atom. The lowest BCUT2D eigenvalue weighted by Crippen LogP contribution is -2.19.